The van der Waals surface area contributed by atoms with E-state index in [1.807, 2.05) is 13.8 Å². The summed E-state index contributed by atoms with van der Waals surface area (Å²) < 4.78 is 0. The van der Waals surface area contributed by atoms with E-state index in [0.29, 0.717) is 17.7 Å². The lowest BCUT2D eigenvalue weighted by atomic mass is 10.0. The van der Waals surface area contributed by atoms with Crippen molar-refractivity contribution in [3.05, 3.63) is 48.0 Å². The average Bonchev–Trinajstić information content (AvgIpc) is 3.35. The minimum Gasteiger partial charge on any atom is -0.508 e. The quantitative estimate of drug-likeness (QED) is 0.183. The van der Waals surface area contributed by atoms with Gasteiger partial charge in [0, 0.05) is 24.7 Å². The van der Waals surface area contributed by atoms with Crippen LogP contribution in [-0.4, -0.2) is 68.0 Å². The van der Waals surface area contributed by atoms with E-state index in [4.69, 9.17) is 5.73 Å². The third kappa shape index (κ3) is 9.51. The molecule has 0 aliphatic heterocycles. The number of phenolic OH excluding ortho intramolecular Hbond substituents is 1. The average molecular weight is 531 g/mol. The van der Waals surface area contributed by atoms with Crippen LogP contribution < -0.4 is 21.7 Å². The number of benzene rings is 1. The molecule has 0 bridgehead atoms. The molecular formula is C26H38N6O6. The van der Waals surface area contributed by atoms with E-state index in [-0.39, 0.29) is 24.5 Å². The second-order valence-corrected chi connectivity index (χ2v) is 10.1. The molecule has 0 aliphatic rings. The Morgan fingerprint density at radius 2 is 1.50 bits per heavy atom. The van der Waals surface area contributed by atoms with Gasteiger partial charge < -0.3 is 36.9 Å². The molecule has 1 aromatic heterocycles. The van der Waals surface area contributed by atoms with Crippen molar-refractivity contribution in [3.8, 4) is 5.75 Å². The molecule has 12 nitrogen and oxygen atoms in total. The van der Waals surface area contributed by atoms with Crippen LogP contribution in [0.4, 0.5) is 0 Å². The number of phenols is 1. The van der Waals surface area contributed by atoms with Crippen LogP contribution in [0.15, 0.2) is 36.8 Å². The fourth-order valence-corrected chi connectivity index (χ4v) is 3.84. The summed E-state index contributed by atoms with van der Waals surface area (Å²) in [4.78, 5) is 57.8. The summed E-state index contributed by atoms with van der Waals surface area (Å²) in [6, 6.07) is 1.90. The number of hydrogen-bond acceptors (Lipinski definition) is 7. The van der Waals surface area contributed by atoms with E-state index < -0.39 is 53.8 Å². The second kappa shape index (κ2) is 14.1. The van der Waals surface area contributed by atoms with Gasteiger partial charge in [0.2, 0.25) is 17.7 Å². The smallest absolute Gasteiger partial charge is 0.326 e. The zero-order valence-electron chi connectivity index (χ0n) is 22.1. The fourth-order valence-electron chi connectivity index (χ4n) is 3.84. The first-order valence-corrected chi connectivity index (χ1v) is 12.5. The number of carboxylic acid groups (broad SMARTS) is 1. The second-order valence-electron chi connectivity index (χ2n) is 10.1. The Hall–Kier alpha value is -3.93. The Bertz CT molecular complexity index is 1070. The molecule has 0 radical (unpaired) electrons. The lowest BCUT2D eigenvalue weighted by Gasteiger charge is -2.26. The first-order valence-electron chi connectivity index (χ1n) is 12.5. The van der Waals surface area contributed by atoms with E-state index in [2.05, 4.69) is 25.9 Å². The number of hydrogen-bond donors (Lipinski definition) is 7. The SMILES string of the molecule is CC(C)CC(N)C(=O)NC(Cc1ccc(O)cc1)C(=O)NC(Cc1cnc[nH]1)C(=O)NC(C(=O)O)C(C)C. The molecule has 38 heavy (non-hydrogen) atoms. The lowest BCUT2D eigenvalue weighted by Crippen LogP contribution is -2.58. The highest BCUT2D eigenvalue weighted by molar-refractivity contribution is 5.94. The van der Waals surface area contributed by atoms with Crippen molar-refractivity contribution in [1.82, 2.24) is 25.9 Å². The zero-order chi connectivity index (χ0) is 28.4. The highest BCUT2D eigenvalue weighted by Gasteiger charge is 2.32. The van der Waals surface area contributed by atoms with Crippen molar-refractivity contribution >= 4 is 23.7 Å². The maximum atomic E-state index is 13.5. The summed E-state index contributed by atoms with van der Waals surface area (Å²) in [5.74, 6) is -3.25. The van der Waals surface area contributed by atoms with Gasteiger partial charge in [-0.2, -0.15) is 0 Å². The van der Waals surface area contributed by atoms with Crippen LogP contribution in [0.25, 0.3) is 0 Å². The van der Waals surface area contributed by atoms with Crippen molar-refractivity contribution < 1.29 is 29.4 Å². The summed E-state index contributed by atoms with van der Waals surface area (Å²) in [6.45, 7) is 7.16. The Balaban J connectivity index is 2.29. The number of aliphatic carboxylic acids is 1. The normalized spacial score (nSPS) is 14.4. The van der Waals surface area contributed by atoms with Gasteiger partial charge in [-0.15, -0.1) is 0 Å². The summed E-state index contributed by atoms with van der Waals surface area (Å²) in [7, 11) is 0. The number of aromatic nitrogens is 2. The van der Waals surface area contributed by atoms with Gasteiger partial charge in [-0.05, 0) is 36.0 Å². The first-order chi connectivity index (χ1) is 17.9. The number of H-pyrrole nitrogens is 1. The molecule has 0 saturated carbocycles. The molecule has 0 aliphatic carbocycles. The molecule has 12 heteroatoms. The Kier molecular flexibility index (Phi) is 11.3. The highest BCUT2D eigenvalue weighted by atomic mass is 16.4. The van der Waals surface area contributed by atoms with E-state index in [0.717, 1.165) is 0 Å². The third-order valence-electron chi connectivity index (χ3n) is 5.91. The van der Waals surface area contributed by atoms with Gasteiger partial charge in [0.05, 0.1) is 12.4 Å². The summed E-state index contributed by atoms with van der Waals surface area (Å²) in [5.41, 5.74) is 7.22. The molecule has 2 aromatic rings. The number of rotatable bonds is 14. The Labute approximate surface area is 221 Å². The number of amides is 3. The van der Waals surface area contributed by atoms with E-state index >= 15 is 0 Å². The predicted octanol–water partition coefficient (Wildman–Crippen LogP) is 0.469. The number of aromatic amines is 1. The number of imidazole rings is 1. The van der Waals surface area contributed by atoms with Gasteiger partial charge in [0.25, 0.3) is 0 Å². The number of nitrogens with two attached hydrogens (primary N) is 1. The maximum absolute atomic E-state index is 13.5. The largest absolute Gasteiger partial charge is 0.508 e. The molecule has 0 saturated heterocycles. The highest BCUT2D eigenvalue weighted by Crippen LogP contribution is 2.13. The predicted molar refractivity (Wildman–Crippen MR) is 140 cm³/mol. The van der Waals surface area contributed by atoms with Crippen LogP contribution >= 0.6 is 0 Å². The van der Waals surface area contributed by atoms with Crippen LogP contribution in [0, 0.1) is 11.8 Å². The molecule has 1 heterocycles. The van der Waals surface area contributed by atoms with Crippen LogP contribution in [0.5, 0.6) is 5.75 Å². The molecule has 208 valence electrons. The monoisotopic (exact) mass is 530 g/mol. The third-order valence-corrected chi connectivity index (χ3v) is 5.91. The van der Waals surface area contributed by atoms with Crippen molar-refractivity contribution in [2.75, 3.05) is 0 Å². The number of carbonyl (C=O) groups is 4. The maximum Gasteiger partial charge on any atom is 0.326 e. The first kappa shape index (κ1) is 30.3. The van der Waals surface area contributed by atoms with E-state index in [9.17, 15) is 29.4 Å². The van der Waals surface area contributed by atoms with Crippen molar-refractivity contribution in [1.29, 1.82) is 0 Å². The molecule has 0 spiro atoms. The van der Waals surface area contributed by atoms with Gasteiger partial charge in [-0.25, -0.2) is 9.78 Å². The van der Waals surface area contributed by atoms with Crippen molar-refractivity contribution in [3.63, 3.8) is 0 Å². The van der Waals surface area contributed by atoms with Crippen molar-refractivity contribution in [2.45, 2.75) is 71.1 Å². The fraction of sp³-hybridized carbons (Fsp3) is 0.500. The molecule has 4 unspecified atom stereocenters. The van der Waals surface area contributed by atoms with Crippen LogP contribution in [0.3, 0.4) is 0 Å². The van der Waals surface area contributed by atoms with E-state index in [1.165, 1.54) is 24.7 Å². The van der Waals surface area contributed by atoms with Gasteiger partial charge in [0.1, 0.15) is 23.9 Å². The minimum absolute atomic E-state index is 0.00868. The standard InChI is InChI=1S/C26H38N6O6/c1-14(2)9-19(27)23(34)30-20(10-16-5-7-18(33)8-6-16)24(35)31-21(11-17-12-28-13-29-17)25(36)32-22(15(3)4)26(37)38/h5-8,12-15,19-22,33H,9-11,27H2,1-4H3,(H,28,29)(H,30,34)(H,31,35)(H,32,36)(H,37,38). The molecule has 1 aromatic carbocycles. The van der Waals surface area contributed by atoms with Gasteiger partial charge in [-0.3, -0.25) is 14.4 Å². The molecule has 8 N–H and O–H groups in total. The van der Waals surface area contributed by atoms with Gasteiger partial charge in [-0.1, -0.05) is 39.8 Å². The lowest BCUT2D eigenvalue weighted by molar-refractivity contribution is -0.143. The Morgan fingerprint density at radius 1 is 0.921 bits per heavy atom. The minimum atomic E-state index is -1.20. The van der Waals surface area contributed by atoms with E-state index in [1.54, 1.807) is 26.0 Å². The Morgan fingerprint density at radius 3 is 2.03 bits per heavy atom. The van der Waals surface area contributed by atoms with Crippen LogP contribution in [-0.2, 0) is 32.0 Å². The van der Waals surface area contributed by atoms with Gasteiger partial charge in [0.15, 0.2) is 0 Å². The van der Waals surface area contributed by atoms with Crippen LogP contribution in [0.1, 0.15) is 45.4 Å². The molecular weight excluding hydrogens is 492 g/mol. The number of aromatic hydroxyl groups is 1. The van der Waals surface area contributed by atoms with Crippen LogP contribution in [0.2, 0.25) is 0 Å². The zero-order valence-corrected chi connectivity index (χ0v) is 22.1. The number of carbonyl (C=O) groups excluding carboxylic acids is 3. The number of nitrogens with one attached hydrogen (secondary N) is 4. The summed E-state index contributed by atoms with van der Waals surface area (Å²) in [6.07, 6.45) is 3.40. The summed E-state index contributed by atoms with van der Waals surface area (Å²) >= 11 is 0. The van der Waals surface area contributed by atoms with Crippen molar-refractivity contribution in [2.24, 2.45) is 17.6 Å². The number of carboxylic acids is 1. The molecule has 0 fully saturated rings. The topological polar surface area (TPSA) is 200 Å². The number of nitrogens with zero attached hydrogens (tertiary/aromatic N) is 1. The van der Waals surface area contributed by atoms with Gasteiger partial charge >= 0.3 is 5.97 Å². The molecule has 3 amide bonds. The molecule has 2 rings (SSSR count). The molecule has 4 atom stereocenters. The summed E-state index contributed by atoms with van der Waals surface area (Å²) in [5, 5.41) is 26.9.